The first kappa shape index (κ1) is 44.1. The number of likely N-dealkylation sites (N-methyl/N-ethyl adjacent to an activating group) is 2. The average molecular weight is 754 g/mol. The van der Waals surface area contributed by atoms with Crippen LogP contribution in [0.25, 0.3) is 0 Å². The zero-order valence-electron chi connectivity index (χ0n) is 35.0. The summed E-state index contributed by atoms with van der Waals surface area (Å²) in [6, 6.07) is 7.89. The summed E-state index contributed by atoms with van der Waals surface area (Å²) >= 11 is 0. The molecule has 11 atom stereocenters. The molecule has 10 nitrogen and oxygen atoms in total. The van der Waals surface area contributed by atoms with Gasteiger partial charge in [-0.05, 0) is 81.7 Å². The molecular formula is C44H71N3O7. The van der Waals surface area contributed by atoms with Crippen LogP contribution in [-0.2, 0) is 35.1 Å². The van der Waals surface area contributed by atoms with Gasteiger partial charge in [0.1, 0.15) is 5.78 Å². The number of ether oxygens (including phenoxy) is 2. The molecule has 1 aromatic rings. The highest BCUT2D eigenvalue weighted by Crippen LogP contribution is 2.42. The van der Waals surface area contributed by atoms with Crippen LogP contribution in [-0.4, -0.2) is 121 Å². The molecule has 3 aliphatic rings. The topological polar surface area (TPSA) is 117 Å². The fraction of sp³-hybridized carbons (Fsp3) is 0.773. The number of hydrogen-bond acceptors (Lipinski definition) is 8. The predicted octanol–water partition coefficient (Wildman–Crippen LogP) is 5.74. The van der Waals surface area contributed by atoms with Crippen molar-refractivity contribution in [2.75, 3.05) is 41.5 Å². The van der Waals surface area contributed by atoms with E-state index in [0.717, 1.165) is 49.7 Å². The normalized spacial score (nSPS) is 25.3. The Hall–Kier alpha value is -2.66. The van der Waals surface area contributed by atoms with Crippen LogP contribution in [0.1, 0.15) is 104 Å². The van der Waals surface area contributed by atoms with Crippen LogP contribution in [0.3, 0.4) is 0 Å². The van der Waals surface area contributed by atoms with E-state index >= 15 is 0 Å². The molecule has 3 fully saturated rings. The summed E-state index contributed by atoms with van der Waals surface area (Å²) in [6.45, 7) is 12.6. The van der Waals surface area contributed by atoms with Crippen LogP contribution in [0.2, 0.25) is 0 Å². The summed E-state index contributed by atoms with van der Waals surface area (Å²) in [5.41, 5.74) is 2.25. The summed E-state index contributed by atoms with van der Waals surface area (Å²) in [5.74, 6) is -0.688. The van der Waals surface area contributed by atoms with Gasteiger partial charge < -0.3 is 24.4 Å². The van der Waals surface area contributed by atoms with Gasteiger partial charge in [0.15, 0.2) is 5.78 Å². The van der Waals surface area contributed by atoms with E-state index in [9.17, 15) is 24.3 Å². The Morgan fingerprint density at radius 1 is 0.963 bits per heavy atom. The molecule has 2 aliphatic heterocycles. The van der Waals surface area contributed by atoms with Crippen LogP contribution in [0, 0.1) is 42.4 Å². The average Bonchev–Trinajstić information content (AvgIpc) is 3.91. The zero-order chi connectivity index (χ0) is 39.9. The highest BCUT2D eigenvalue weighted by Gasteiger charge is 2.48. The standard InChI is InChI=1S/C44H71N3O7/c1-11-29(5)41(46(8)44(52)35(27(2)3)24-38(50)42-33-18-19-34(23-33)45(42)7)39(53-9)25-40(51)47-20-12-13-36(47)43(54-10)30(6)37(49)22-32(26-48)21-31-16-14-28(4)15-17-31/h14-17,27,29-30,32-36,39,41-43,48H,11-13,18-26H2,1-10H3. The fourth-order valence-corrected chi connectivity index (χ4v) is 9.97. The predicted molar refractivity (Wildman–Crippen MR) is 212 cm³/mol. The monoisotopic (exact) mass is 754 g/mol. The Kier molecular flexibility index (Phi) is 16.3. The number of likely N-dealkylation sites (tertiary alicyclic amines) is 2. The first-order chi connectivity index (χ1) is 25.7. The number of rotatable bonds is 21. The van der Waals surface area contributed by atoms with Crippen LogP contribution < -0.4 is 0 Å². The Bertz CT molecular complexity index is 1400. The number of ketones is 2. The Morgan fingerprint density at radius 3 is 2.20 bits per heavy atom. The van der Waals surface area contributed by atoms with Crippen LogP contribution in [0.5, 0.6) is 0 Å². The lowest BCUT2D eigenvalue weighted by Crippen LogP contribution is -2.54. The minimum absolute atomic E-state index is 0.0179. The summed E-state index contributed by atoms with van der Waals surface area (Å²) in [5, 5.41) is 10.2. The lowest BCUT2D eigenvalue weighted by atomic mass is 9.83. The molecule has 0 aromatic heterocycles. The van der Waals surface area contributed by atoms with Crippen LogP contribution in [0.4, 0.5) is 0 Å². The number of fused-ring (bicyclic) bond motifs is 2. The molecule has 0 radical (unpaired) electrons. The molecule has 10 heteroatoms. The highest BCUT2D eigenvalue weighted by molar-refractivity contribution is 5.90. The molecule has 304 valence electrons. The number of aliphatic hydroxyl groups excluding tert-OH is 1. The molecule has 54 heavy (non-hydrogen) atoms. The number of carbonyl (C=O) groups excluding carboxylic acids is 4. The number of Topliss-reactive ketones (excluding diaryl/α,β-unsaturated/α-hetero) is 2. The van der Waals surface area contributed by atoms with Crippen molar-refractivity contribution < 1.29 is 33.8 Å². The molecule has 4 rings (SSSR count). The number of carbonyl (C=O) groups is 4. The van der Waals surface area contributed by atoms with E-state index in [4.69, 9.17) is 9.47 Å². The van der Waals surface area contributed by atoms with Gasteiger partial charge in [-0.3, -0.25) is 24.1 Å². The maximum Gasteiger partial charge on any atom is 0.226 e. The SMILES string of the molecule is CCC(C)C(C(CC(=O)N1CCCC1C(OC)C(C)C(=O)CC(CO)Cc1ccc(C)cc1)OC)N(C)C(=O)C(CC(=O)C1C2CCC(C2)N1C)C(C)C. The molecular weight excluding hydrogens is 682 g/mol. The van der Waals surface area contributed by atoms with Crippen molar-refractivity contribution in [2.45, 2.75) is 142 Å². The van der Waals surface area contributed by atoms with Gasteiger partial charge in [0, 0.05) is 65.1 Å². The van der Waals surface area contributed by atoms with E-state index < -0.39 is 24.0 Å². The largest absolute Gasteiger partial charge is 0.396 e. The van der Waals surface area contributed by atoms with Gasteiger partial charge in [0.2, 0.25) is 11.8 Å². The van der Waals surface area contributed by atoms with E-state index in [1.807, 2.05) is 63.9 Å². The second-order valence-electron chi connectivity index (χ2n) is 17.4. The molecule has 1 aliphatic carbocycles. The quantitative estimate of drug-likeness (QED) is 0.169. The zero-order valence-corrected chi connectivity index (χ0v) is 35.0. The van der Waals surface area contributed by atoms with Gasteiger partial charge >= 0.3 is 0 Å². The number of hydrogen-bond donors (Lipinski definition) is 1. The van der Waals surface area contributed by atoms with Crippen LogP contribution >= 0.6 is 0 Å². The van der Waals surface area contributed by atoms with Crippen molar-refractivity contribution >= 4 is 23.4 Å². The summed E-state index contributed by atoms with van der Waals surface area (Å²) < 4.78 is 12.1. The van der Waals surface area contributed by atoms with Gasteiger partial charge in [-0.1, -0.05) is 70.9 Å². The maximum atomic E-state index is 14.4. The number of benzene rings is 1. The third-order valence-electron chi connectivity index (χ3n) is 13.5. The molecule has 1 saturated carbocycles. The number of aliphatic hydroxyl groups is 1. The second kappa shape index (κ2) is 20.0. The number of methoxy groups -OCH3 is 2. The number of amides is 2. The number of piperidine rings is 1. The third kappa shape index (κ3) is 10.2. The van der Waals surface area contributed by atoms with Gasteiger partial charge in [0.05, 0.1) is 36.8 Å². The molecule has 11 unspecified atom stereocenters. The minimum Gasteiger partial charge on any atom is -0.396 e. The van der Waals surface area contributed by atoms with Gasteiger partial charge in [-0.15, -0.1) is 0 Å². The van der Waals surface area contributed by atoms with Crippen molar-refractivity contribution in [1.29, 1.82) is 0 Å². The Balaban J connectivity index is 1.44. The van der Waals surface area contributed by atoms with E-state index in [1.54, 1.807) is 19.1 Å². The molecule has 2 saturated heterocycles. The van der Waals surface area contributed by atoms with Gasteiger partial charge in [0.25, 0.3) is 0 Å². The van der Waals surface area contributed by atoms with E-state index in [1.165, 1.54) is 0 Å². The van der Waals surface area contributed by atoms with E-state index in [0.29, 0.717) is 24.9 Å². The van der Waals surface area contributed by atoms with Crippen LogP contribution in [0.15, 0.2) is 24.3 Å². The van der Waals surface area contributed by atoms with Crippen molar-refractivity contribution in [3.05, 3.63) is 35.4 Å². The van der Waals surface area contributed by atoms with Gasteiger partial charge in [-0.25, -0.2) is 0 Å². The molecule has 0 spiro atoms. The maximum absolute atomic E-state index is 14.4. The van der Waals surface area contributed by atoms with Crippen molar-refractivity contribution in [2.24, 2.45) is 35.5 Å². The van der Waals surface area contributed by atoms with Gasteiger partial charge in [-0.2, -0.15) is 0 Å². The van der Waals surface area contributed by atoms with Crippen molar-refractivity contribution in [3.63, 3.8) is 0 Å². The second-order valence-corrected chi connectivity index (χ2v) is 17.4. The molecule has 1 aromatic carbocycles. The summed E-state index contributed by atoms with van der Waals surface area (Å²) in [4.78, 5) is 61.9. The first-order valence-corrected chi connectivity index (χ1v) is 20.7. The van der Waals surface area contributed by atoms with Crippen molar-refractivity contribution in [1.82, 2.24) is 14.7 Å². The lowest BCUT2D eigenvalue weighted by Gasteiger charge is -2.41. The summed E-state index contributed by atoms with van der Waals surface area (Å²) in [6.07, 6.45) is 5.72. The third-order valence-corrected chi connectivity index (χ3v) is 13.5. The Labute approximate surface area is 325 Å². The first-order valence-electron chi connectivity index (χ1n) is 20.7. The molecule has 1 N–H and O–H groups in total. The molecule has 2 heterocycles. The highest BCUT2D eigenvalue weighted by atomic mass is 16.5. The number of nitrogens with zero attached hydrogens (tertiary/aromatic N) is 3. The fourth-order valence-electron chi connectivity index (χ4n) is 9.97. The Morgan fingerprint density at radius 2 is 1.65 bits per heavy atom. The molecule has 2 bridgehead atoms. The van der Waals surface area contributed by atoms with Crippen molar-refractivity contribution in [3.8, 4) is 0 Å². The summed E-state index contributed by atoms with van der Waals surface area (Å²) in [7, 11) is 7.08. The van der Waals surface area contributed by atoms with E-state index in [2.05, 4.69) is 25.8 Å². The minimum atomic E-state index is -0.560. The molecule has 2 amide bonds. The smallest absolute Gasteiger partial charge is 0.226 e. The number of aryl methyl sites for hydroxylation is 1. The van der Waals surface area contributed by atoms with E-state index in [-0.39, 0.29) is 85.1 Å². The lowest BCUT2D eigenvalue weighted by molar-refractivity contribution is -0.149.